The highest BCUT2D eigenvalue weighted by atomic mass is 16.5. The number of aromatic nitrogens is 1. The molecule has 0 fully saturated rings. The number of rotatable bonds is 4. The normalized spacial score (nSPS) is 10.1. The second kappa shape index (κ2) is 5.45. The number of benzene rings is 1. The first-order valence-electron chi connectivity index (χ1n) is 5.92. The van der Waals surface area contributed by atoms with Gasteiger partial charge in [0.05, 0.1) is 12.3 Å². The van der Waals surface area contributed by atoms with E-state index < -0.39 is 0 Å². The van der Waals surface area contributed by atoms with Crippen LogP contribution in [-0.4, -0.2) is 17.4 Å². The Kier molecular flexibility index (Phi) is 3.72. The molecule has 0 saturated carbocycles. The molecule has 1 heterocycles. The highest BCUT2D eigenvalue weighted by Crippen LogP contribution is 2.16. The Morgan fingerprint density at radius 2 is 1.89 bits per heavy atom. The van der Waals surface area contributed by atoms with Crippen LogP contribution in [-0.2, 0) is 0 Å². The first-order chi connectivity index (χ1) is 8.72. The lowest BCUT2D eigenvalue weighted by atomic mass is 10.0. The van der Waals surface area contributed by atoms with E-state index in [4.69, 9.17) is 4.74 Å². The molecular formula is C15H15NO2. The SMILES string of the molecule is CCOc1ccc(C(=O)c2ccccc2)c(C)n1. The van der Waals surface area contributed by atoms with E-state index in [0.29, 0.717) is 29.3 Å². The van der Waals surface area contributed by atoms with Crippen molar-refractivity contribution in [3.05, 3.63) is 59.3 Å². The molecule has 0 saturated heterocycles. The van der Waals surface area contributed by atoms with Crippen LogP contribution in [0, 0.1) is 6.92 Å². The summed E-state index contributed by atoms with van der Waals surface area (Å²) in [5.41, 5.74) is 1.98. The van der Waals surface area contributed by atoms with E-state index in [0.717, 1.165) is 0 Å². The third-order valence-corrected chi connectivity index (χ3v) is 2.63. The zero-order chi connectivity index (χ0) is 13.0. The van der Waals surface area contributed by atoms with Gasteiger partial charge in [-0.2, -0.15) is 0 Å². The monoisotopic (exact) mass is 241 g/mol. The lowest BCUT2D eigenvalue weighted by Gasteiger charge is -2.07. The van der Waals surface area contributed by atoms with Crippen molar-refractivity contribution in [2.45, 2.75) is 13.8 Å². The van der Waals surface area contributed by atoms with Crippen molar-refractivity contribution in [1.29, 1.82) is 0 Å². The molecule has 0 aliphatic carbocycles. The molecule has 0 aliphatic rings. The Balaban J connectivity index is 2.32. The van der Waals surface area contributed by atoms with E-state index in [-0.39, 0.29) is 5.78 Å². The molecule has 3 nitrogen and oxygen atoms in total. The van der Waals surface area contributed by atoms with Crippen LogP contribution >= 0.6 is 0 Å². The number of ether oxygens (including phenoxy) is 1. The largest absolute Gasteiger partial charge is 0.478 e. The number of carbonyl (C=O) groups excluding carboxylic acids is 1. The zero-order valence-corrected chi connectivity index (χ0v) is 10.5. The first-order valence-corrected chi connectivity index (χ1v) is 5.92. The molecule has 0 radical (unpaired) electrons. The maximum absolute atomic E-state index is 12.3. The molecule has 0 bridgehead atoms. The van der Waals surface area contributed by atoms with Crippen molar-refractivity contribution in [3.63, 3.8) is 0 Å². The molecule has 2 aromatic rings. The molecule has 0 aliphatic heterocycles. The van der Waals surface area contributed by atoms with Crippen molar-refractivity contribution in [2.75, 3.05) is 6.61 Å². The smallest absolute Gasteiger partial charge is 0.213 e. The molecule has 0 atom stereocenters. The Morgan fingerprint density at radius 1 is 1.17 bits per heavy atom. The summed E-state index contributed by atoms with van der Waals surface area (Å²) in [4.78, 5) is 16.5. The van der Waals surface area contributed by atoms with E-state index >= 15 is 0 Å². The number of pyridine rings is 1. The molecule has 1 aromatic carbocycles. The zero-order valence-electron chi connectivity index (χ0n) is 10.5. The summed E-state index contributed by atoms with van der Waals surface area (Å²) in [6.07, 6.45) is 0. The standard InChI is InChI=1S/C15H15NO2/c1-3-18-14-10-9-13(11(2)16-14)15(17)12-7-5-4-6-8-12/h4-10H,3H2,1-2H3. The van der Waals surface area contributed by atoms with Crippen molar-refractivity contribution in [3.8, 4) is 5.88 Å². The molecule has 0 spiro atoms. The van der Waals surface area contributed by atoms with Crippen LogP contribution in [0.4, 0.5) is 0 Å². The Labute approximate surface area is 106 Å². The summed E-state index contributed by atoms with van der Waals surface area (Å²) < 4.78 is 5.30. The van der Waals surface area contributed by atoms with E-state index in [1.165, 1.54) is 0 Å². The van der Waals surface area contributed by atoms with Crippen molar-refractivity contribution in [2.24, 2.45) is 0 Å². The number of hydrogen-bond donors (Lipinski definition) is 0. The van der Waals surface area contributed by atoms with Gasteiger partial charge in [0.2, 0.25) is 5.88 Å². The second-order valence-electron chi connectivity index (χ2n) is 3.91. The van der Waals surface area contributed by atoms with Crippen LogP contribution in [0.2, 0.25) is 0 Å². The maximum atomic E-state index is 12.3. The van der Waals surface area contributed by atoms with Gasteiger partial charge >= 0.3 is 0 Å². The topological polar surface area (TPSA) is 39.2 Å². The molecule has 0 amide bonds. The van der Waals surface area contributed by atoms with Gasteiger partial charge < -0.3 is 4.74 Å². The van der Waals surface area contributed by atoms with Gasteiger partial charge in [0.1, 0.15) is 0 Å². The van der Waals surface area contributed by atoms with E-state index in [1.807, 2.05) is 32.0 Å². The van der Waals surface area contributed by atoms with Gasteiger partial charge in [0.15, 0.2) is 5.78 Å². The maximum Gasteiger partial charge on any atom is 0.213 e. The van der Waals surface area contributed by atoms with E-state index in [1.54, 1.807) is 24.3 Å². The minimum absolute atomic E-state index is 0.0105. The average Bonchev–Trinajstić information content (AvgIpc) is 2.40. The molecule has 1 aromatic heterocycles. The summed E-state index contributed by atoms with van der Waals surface area (Å²) in [6.45, 7) is 4.29. The molecule has 3 heteroatoms. The molecule has 0 unspecified atom stereocenters. The van der Waals surface area contributed by atoms with Gasteiger partial charge in [-0.3, -0.25) is 4.79 Å². The fraction of sp³-hybridized carbons (Fsp3) is 0.200. The number of hydrogen-bond acceptors (Lipinski definition) is 3. The number of aryl methyl sites for hydroxylation is 1. The quantitative estimate of drug-likeness (QED) is 0.772. The molecule has 2 rings (SSSR count). The van der Waals surface area contributed by atoms with Crippen LogP contribution < -0.4 is 4.74 Å². The fourth-order valence-corrected chi connectivity index (χ4v) is 1.75. The van der Waals surface area contributed by atoms with Crippen LogP contribution in [0.15, 0.2) is 42.5 Å². The first kappa shape index (κ1) is 12.3. The Bertz CT molecular complexity index is 550. The fourth-order valence-electron chi connectivity index (χ4n) is 1.75. The second-order valence-corrected chi connectivity index (χ2v) is 3.91. The molecule has 18 heavy (non-hydrogen) atoms. The van der Waals surface area contributed by atoms with Gasteiger partial charge in [0.25, 0.3) is 0 Å². The summed E-state index contributed by atoms with van der Waals surface area (Å²) in [6, 6.07) is 12.7. The van der Waals surface area contributed by atoms with Crippen LogP contribution in [0.1, 0.15) is 28.5 Å². The number of ketones is 1. The van der Waals surface area contributed by atoms with E-state index in [9.17, 15) is 4.79 Å². The van der Waals surface area contributed by atoms with E-state index in [2.05, 4.69) is 4.98 Å². The van der Waals surface area contributed by atoms with Gasteiger partial charge in [-0.15, -0.1) is 0 Å². The third-order valence-electron chi connectivity index (χ3n) is 2.63. The summed E-state index contributed by atoms with van der Waals surface area (Å²) in [5, 5.41) is 0. The highest BCUT2D eigenvalue weighted by molar-refractivity contribution is 6.09. The predicted octanol–water partition coefficient (Wildman–Crippen LogP) is 3.02. The minimum Gasteiger partial charge on any atom is -0.478 e. The Morgan fingerprint density at radius 3 is 2.50 bits per heavy atom. The number of nitrogens with zero attached hydrogens (tertiary/aromatic N) is 1. The summed E-state index contributed by atoms with van der Waals surface area (Å²) in [5.74, 6) is 0.545. The Hall–Kier alpha value is -2.16. The lowest BCUT2D eigenvalue weighted by molar-refractivity contribution is 0.103. The van der Waals surface area contributed by atoms with Crippen molar-refractivity contribution < 1.29 is 9.53 Å². The minimum atomic E-state index is -0.0105. The van der Waals surface area contributed by atoms with Crippen LogP contribution in [0.3, 0.4) is 0 Å². The third kappa shape index (κ3) is 2.56. The molecule has 92 valence electrons. The number of carbonyl (C=O) groups is 1. The van der Waals surface area contributed by atoms with Crippen molar-refractivity contribution in [1.82, 2.24) is 4.98 Å². The highest BCUT2D eigenvalue weighted by Gasteiger charge is 2.12. The molecular weight excluding hydrogens is 226 g/mol. The van der Waals surface area contributed by atoms with Gasteiger partial charge in [-0.05, 0) is 19.9 Å². The average molecular weight is 241 g/mol. The lowest BCUT2D eigenvalue weighted by Crippen LogP contribution is -2.06. The van der Waals surface area contributed by atoms with Crippen LogP contribution in [0.25, 0.3) is 0 Å². The summed E-state index contributed by atoms with van der Waals surface area (Å²) in [7, 11) is 0. The van der Waals surface area contributed by atoms with Gasteiger partial charge in [0, 0.05) is 17.2 Å². The van der Waals surface area contributed by atoms with Crippen molar-refractivity contribution >= 4 is 5.78 Å². The summed E-state index contributed by atoms with van der Waals surface area (Å²) >= 11 is 0. The van der Waals surface area contributed by atoms with Crippen LogP contribution in [0.5, 0.6) is 5.88 Å². The van der Waals surface area contributed by atoms with Gasteiger partial charge in [-0.25, -0.2) is 4.98 Å². The predicted molar refractivity (Wildman–Crippen MR) is 70.0 cm³/mol. The molecule has 0 N–H and O–H groups in total. The van der Waals surface area contributed by atoms with Gasteiger partial charge in [-0.1, -0.05) is 30.3 Å².